The third kappa shape index (κ3) is 2.86. The SMILES string of the molecule is O=C(NC1CCc2c(O)cccc21)C1(c2ccc(F)cc2)CCOCC1. The van der Waals surface area contributed by atoms with Gasteiger partial charge in [-0.15, -0.1) is 0 Å². The summed E-state index contributed by atoms with van der Waals surface area (Å²) in [7, 11) is 0. The fourth-order valence-electron chi connectivity index (χ4n) is 4.22. The highest BCUT2D eigenvalue weighted by Crippen LogP contribution is 2.39. The third-order valence-electron chi connectivity index (χ3n) is 5.73. The number of nitrogens with one attached hydrogen (secondary N) is 1. The largest absolute Gasteiger partial charge is 0.508 e. The molecule has 1 atom stereocenters. The van der Waals surface area contributed by atoms with Crippen molar-refractivity contribution in [3.63, 3.8) is 0 Å². The van der Waals surface area contributed by atoms with Gasteiger partial charge in [0.2, 0.25) is 5.91 Å². The molecule has 1 aliphatic heterocycles. The Morgan fingerprint density at radius 3 is 2.62 bits per heavy atom. The van der Waals surface area contributed by atoms with E-state index in [2.05, 4.69) is 5.32 Å². The number of rotatable bonds is 3. The second-order valence-corrected chi connectivity index (χ2v) is 7.11. The van der Waals surface area contributed by atoms with E-state index >= 15 is 0 Å². The number of phenolic OH excluding ortho intramolecular Hbond substituents is 1. The van der Waals surface area contributed by atoms with Gasteiger partial charge < -0.3 is 15.2 Å². The molecule has 26 heavy (non-hydrogen) atoms. The molecular weight excluding hydrogens is 333 g/mol. The molecule has 5 heteroatoms. The first kappa shape index (κ1) is 17.0. The highest BCUT2D eigenvalue weighted by Gasteiger charge is 2.43. The van der Waals surface area contributed by atoms with Gasteiger partial charge in [-0.05, 0) is 60.6 Å². The Bertz CT molecular complexity index is 813. The number of fused-ring (bicyclic) bond motifs is 1. The van der Waals surface area contributed by atoms with Gasteiger partial charge in [-0.2, -0.15) is 0 Å². The summed E-state index contributed by atoms with van der Waals surface area (Å²) in [6.07, 6.45) is 2.67. The van der Waals surface area contributed by atoms with Crippen LogP contribution in [0.3, 0.4) is 0 Å². The lowest BCUT2D eigenvalue weighted by molar-refractivity contribution is -0.131. The second kappa shape index (κ2) is 6.72. The average molecular weight is 355 g/mol. The summed E-state index contributed by atoms with van der Waals surface area (Å²) < 4.78 is 18.8. The van der Waals surface area contributed by atoms with Gasteiger partial charge in [0.1, 0.15) is 11.6 Å². The van der Waals surface area contributed by atoms with Crippen molar-refractivity contribution >= 4 is 5.91 Å². The van der Waals surface area contributed by atoms with E-state index in [9.17, 15) is 14.3 Å². The molecule has 1 fully saturated rings. The number of hydrogen-bond donors (Lipinski definition) is 2. The minimum Gasteiger partial charge on any atom is -0.508 e. The van der Waals surface area contributed by atoms with E-state index in [-0.39, 0.29) is 17.8 Å². The fraction of sp³-hybridized carbons (Fsp3) is 0.381. The molecular formula is C21H22FNO3. The third-order valence-corrected chi connectivity index (χ3v) is 5.73. The van der Waals surface area contributed by atoms with E-state index in [0.717, 1.165) is 29.5 Å². The molecule has 1 saturated heterocycles. The standard InChI is InChI=1S/C21H22FNO3/c22-15-6-4-14(5-7-15)21(10-12-26-13-11-21)20(25)23-18-9-8-17-16(18)2-1-3-19(17)24/h1-7,18,24H,8-13H2,(H,23,25). The first-order chi connectivity index (χ1) is 12.6. The number of aromatic hydroxyl groups is 1. The number of phenols is 1. The molecule has 0 radical (unpaired) electrons. The first-order valence-electron chi connectivity index (χ1n) is 9.06. The van der Waals surface area contributed by atoms with Crippen molar-refractivity contribution in [1.82, 2.24) is 5.32 Å². The Hall–Kier alpha value is -2.40. The van der Waals surface area contributed by atoms with Gasteiger partial charge in [0, 0.05) is 13.2 Å². The lowest BCUT2D eigenvalue weighted by atomic mass is 9.73. The second-order valence-electron chi connectivity index (χ2n) is 7.11. The van der Waals surface area contributed by atoms with Crippen molar-refractivity contribution in [2.45, 2.75) is 37.1 Å². The zero-order chi connectivity index (χ0) is 18.1. The van der Waals surface area contributed by atoms with E-state index < -0.39 is 5.41 Å². The summed E-state index contributed by atoms with van der Waals surface area (Å²) in [4.78, 5) is 13.3. The summed E-state index contributed by atoms with van der Waals surface area (Å²) in [6, 6.07) is 11.6. The topological polar surface area (TPSA) is 58.6 Å². The molecule has 4 rings (SSSR count). The number of carbonyl (C=O) groups is 1. The lowest BCUT2D eigenvalue weighted by Gasteiger charge is -2.37. The van der Waals surface area contributed by atoms with Gasteiger partial charge in [0.25, 0.3) is 0 Å². The maximum atomic E-state index is 13.4. The lowest BCUT2D eigenvalue weighted by Crippen LogP contribution is -2.48. The zero-order valence-electron chi connectivity index (χ0n) is 14.5. The van der Waals surface area contributed by atoms with E-state index in [0.29, 0.717) is 31.8 Å². The molecule has 1 amide bonds. The Morgan fingerprint density at radius 2 is 1.88 bits per heavy atom. The van der Waals surface area contributed by atoms with E-state index in [4.69, 9.17) is 4.74 Å². The van der Waals surface area contributed by atoms with Crippen LogP contribution in [0.25, 0.3) is 0 Å². The molecule has 1 heterocycles. The fourth-order valence-corrected chi connectivity index (χ4v) is 4.22. The highest BCUT2D eigenvalue weighted by atomic mass is 19.1. The summed E-state index contributed by atoms with van der Waals surface area (Å²) in [5.74, 6) is -0.0660. The Labute approximate surface area is 152 Å². The van der Waals surface area contributed by atoms with Gasteiger partial charge >= 0.3 is 0 Å². The van der Waals surface area contributed by atoms with Gasteiger partial charge in [-0.1, -0.05) is 24.3 Å². The number of carbonyl (C=O) groups excluding carboxylic acids is 1. The molecule has 2 N–H and O–H groups in total. The van der Waals surface area contributed by atoms with Gasteiger partial charge in [0.15, 0.2) is 0 Å². The van der Waals surface area contributed by atoms with E-state index in [1.165, 1.54) is 12.1 Å². The van der Waals surface area contributed by atoms with Crippen LogP contribution in [-0.4, -0.2) is 24.2 Å². The van der Waals surface area contributed by atoms with Crippen molar-refractivity contribution < 1.29 is 19.0 Å². The molecule has 0 spiro atoms. The van der Waals surface area contributed by atoms with Crippen molar-refractivity contribution in [2.75, 3.05) is 13.2 Å². The van der Waals surface area contributed by atoms with Crippen LogP contribution >= 0.6 is 0 Å². The Morgan fingerprint density at radius 1 is 1.15 bits per heavy atom. The molecule has 2 aromatic carbocycles. The van der Waals surface area contributed by atoms with Crippen LogP contribution in [0.15, 0.2) is 42.5 Å². The molecule has 2 aromatic rings. The summed E-state index contributed by atoms with van der Waals surface area (Å²) in [5.41, 5.74) is 2.03. The maximum absolute atomic E-state index is 13.4. The quantitative estimate of drug-likeness (QED) is 0.887. The molecule has 0 bridgehead atoms. The molecule has 4 nitrogen and oxygen atoms in total. The van der Waals surface area contributed by atoms with Crippen LogP contribution in [-0.2, 0) is 21.4 Å². The summed E-state index contributed by atoms with van der Waals surface area (Å²) >= 11 is 0. The number of halogens is 1. The van der Waals surface area contributed by atoms with Crippen molar-refractivity contribution in [3.8, 4) is 5.75 Å². The maximum Gasteiger partial charge on any atom is 0.231 e. The van der Waals surface area contributed by atoms with E-state index in [1.54, 1.807) is 18.2 Å². The highest BCUT2D eigenvalue weighted by molar-refractivity contribution is 5.89. The van der Waals surface area contributed by atoms with Crippen LogP contribution in [0.5, 0.6) is 5.75 Å². The van der Waals surface area contributed by atoms with Crippen LogP contribution in [0, 0.1) is 5.82 Å². The van der Waals surface area contributed by atoms with Crippen LogP contribution in [0.4, 0.5) is 4.39 Å². The molecule has 0 aromatic heterocycles. The van der Waals surface area contributed by atoms with Crippen LogP contribution in [0.1, 0.15) is 42.0 Å². The normalized spacial score (nSPS) is 21.2. The molecule has 1 unspecified atom stereocenters. The smallest absolute Gasteiger partial charge is 0.231 e. The minimum atomic E-state index is -0.703. The predicted molar refractivity (Wildman–Crippen MR) is 95.4 cm³/mol. The molecule has 2 aliphatic rings. The van der Waals surface area contributed by atoms with Crippen LogP contribution < -0.4 is 5.32 Å². The summed E-state index contributed by atoms with van der Waals surface area (Å²) in [6.45, 7) is 1.01. The van der Waals surface area contributed by atoms with Gasteiger partial charge in [0.05, 0.1) is 11.5 Å². The Balaban J connectivity index is 1.63. The summed E-state index contributed by atoms with van der Waals surface area (Å²) in [5, 5.41) is 13.2. The molecule has 136 valence electrons. The first-order valence-corrected chi connectivity index (χ1v) is 9.06. The van der Waals surface area contributed by atoms with Gasteiger partial charge in [-0.3, -0.25) is 4.79 Å². The zero-order valence-corrected chi connectivity index (χ0v) is 14.5. The predicted octanol–water partition coefficient (Wildman–Crippen LogP) is 3.38. The monoisotopic (exact) mass is 355 g/mol. The van der Waals surface area contributed by atoms with Crippen molar-refractivity contribution in [1.29, 1.82) is 0 Å². The van der Waals surface area contributed by atoms with Crippen LogP contribution in [0.2, 0.25) is 0 Å². The number of hydrogen-bond acceptors (Lipinski definition) is 3. The molecule has 1 aliphatic carbocycles. The van der Waals surface area contributed by atoms with Crippen molar-refractivity contribution in [2.24, 2.45) is 0 Å². The van der Waals surface area contributed by atoms with Gasteiger partial charge in [-0.25, -0.2) is 4.39 Å². The minimum absolute atomic E-state index is 0.0476. The molecule has 0 saturated carbocycles. The number of benzene rings is 2. The van der Waals surface area contributed by atoms with Crippen molar-refractivity contribution in [3.05, 3.63) is 65.0 Å². The average Bonchev–Trinajstić information content (AvgIpc) is 3.07. The number of ether oxygens (including phenoxy) is 1. The Kier molecular flexibility index (Phi) is 4.41. The van der Waals surface area contributed by atoms with E-state index in [1.807, 2.05) is 12.1 Å². The number of amides is 1.